The summed E-state index contributed by atoms with van der Waals surface area (Å²) in [6.45, 7) is 3.82. The number of benzene rings is 1. The minimum absolute atomic E-state index is 0.0375. The van der Waals surface area contributed by atoms with E-state index in [1.807, 2.05) is 19.2 Å². The molecule has 1 heterocycles. The van der Waals surface area contributed by atoms with Gasteiger partial charge in [-0.3, -0.25) is 10.2 Å². The van der Waals surface area contributed by atoms with Crippen LogP contribution in [0.5, 0.6) is 0 Å². The number of rotatable bonds is 6. The van der Waals surface area contributed by atoms with Crippen LogP contribution in [-0.2, 0) is 27.7 Å². The summed E-state index contributed by atoms with van der Waals surface area (Å²) in [5.74, 6) is -0.455. The molecular weight excluding hydrogens is 322 g/mol. The lowest BCUT2D eigenvalue weighted by atomic mass is 10.2. The van der Waals surface area contributed by atoms with E-state index in [0.29, 0.717) is 5.01 Å². The third kappa shape index (κ3) is 4.36. The molecule has 1 amide bonds. The van der Waals surface area contributed by atoms with E-state index in [2.05, 4.69) is 15.2 Å². The van der Waals surface area contributed by atoms with Crippen molar-refractivity contribution in [1.82, 2.24) is 15.2 Å². The summed E-state index contributed by atoms with van der Waals surface area (Å²) in [7, 11) is -3.77. The largest absolute Gasteiger partial charge is 0.277 e. The predicted molar refractivity (Wildman–Crippen MR) is 84.8 cm³/mol. The molecule has 1 aromatic heterocycles. The summed E-state index contributed by atoms with van der Waals surface area (Å²) < 4.78 is 24.1. The molecule has 6 nitrogen and oxygen atoms in total. The molecule has 0 saturated carbocycles. The molecular formula is C14H17N3O3S2. The maximum atomic E-state index is 12.1. The van der Waals surface area contributed by atoms with E-state index in [-0.39, 0.29) is 11.3 Å². The Morgan fingerprint density at radius 3 is 2.50 bits per heavy atom. The first-order chi connectivity index (χ1) is 10.4. The van der Waals surface area contributed by atoms with E-state index in [4.69, 9.17) is 0 Å². The molecule has 8 heteroatoms. The molecule has 22 heavy (non-hydrogen) atoms. The maximum absolute atomic E-state index is 12.1. The van der Waals surface area contributed by atoms with Crippen molar-refractivity contribution in [1.29, 1.82) is 0 Å². The van der Waals surface area contributed by atoms with Crippen molar-refractivity contribution in [3.8, 4) is 0 Å². The van der Waals surface area contributed by atoms with Gasteiger partial charge in [0.05, 0.1) is 11.3 Å². The number of hydrogen-bond donors (Lipinski definition) is 2. The van der Waals surface area contributed by atoms with Gasteiger partial charge in [0, 0.05) is 11.1 Å². The highest BCUT2D eigenvalue weighted by atomic mass is 32.2. The minimum atomic E-state index is -3.77. The number of amides is 1. The zero-order valence-electron chi connectivity index (χ0n) is 12.3. The van der Waals surface area contributed by atoms with Crippen molar-refractivity contribution in [3.63, 3.8) is 0 Å². The van der Waals surface area contributed by atoms with E-state index in [9.17, 15) is 13.2 Å². The van der Waals surface area contributed by atoms with Crippen molar-refractivity contribution in [2.45, 2.75) is 31.6 Å². The molecule has 0 aliphatic heterocycles. The van der Waals surface area contributed by atoms with Crippen LogP contribution in [0.4, 0.5) is 0 Å². The molecule has 2 N–H and O–H groups in total. The SMILES string of the molecule is CCc1ccc(S(=O)(=O)NNC(=O)Cc2nc(C)cs2)cc1. The van der Waals surface area contributed by atoms with Crippen LogP contribution >= 0.6 is 11.3 Å². The van der Waals surface area contributed by atoms with Crippen LogP contribution in [-0.4, -0.2) is 19.3 Å². The highest BCUT2D eigenvalue weighted by Gasteiger charge is 2.15. The van der Waals surface area contributed by atoms with Gasteiger partial charge in [0.15, 0.2) is 0 Å². The summed E-state index contributed by atoms with van der Waals surface area (Å²) in [4.78, 5) is 18.1. The second-order valence-corrected chi connectivity index (χ2v) is 7.34. The number of aromatic nitrogens is 1. The summed E-state index contributed by atoms with van der Waals surface area (Å²) in [5.41, 5.74) is 4.08. The molecule has 0 radical (unpaired) electrons. The third-order valence-electron chi connectivity index (χ3n) is 2.95. The van der Waals surface area contributed by atoms with E-state index in [1.165, 1.54) is 23.5 Å². The lowest BCUT2D eigenvalue weighted by molar-refractivity contribution is -0.120. The molecule has 0 unspecified atom stereocenters. The van der Waals surface area contributed by atoms with Crippen molar-refractivity contribution in [2.24, 2.45) is 0 Å². The predicted octanol–water partition coefficient (Wildman–Crippen LogP) is 1.57. The topological polar surface area (TPSA) is 88.2 Å². The third-order valence-corrected chi connectivity index (χ3v) is 5.18. The van der Waals surface area contributed by atoms with Crippen molar-refractivity contribution >= 4 is 27.3 Å². The molecule has 0 fully saturated rings. The maximum Gasteiger partial charge on any atom is 0.257 e. The van der Waals surface area contributed by atoms with Gasteiger partial charge in [-0.25, -0.2) is 13.4 Å². The second-order valence-electron chi connectivity index (χ2n) is 4.71. The summed E-state index contributed by atoms with van der Waals surface area (Å²) >= 11 is 1.36. The molecule has 2 aromatic rings. The standard InChI is InChI=1S/C14H17N3O3S2/c1-3-11-4-6-12(7-5-11)22(19,20)17-16-13(18)8-14-15-10(2)9-21-14/h4-7,9,17H,3,8H2,1-2H3,(H,16,18). The van der Waals surface area contributed by atoms with E-state index < -0.39 is 15.9 Å². The van der Waals surface area contributed by atoms with E-state index in [0.717, 1.165) is 17.7 Å². The average Bonchev–Trinajstić information content (AvgIpc) is 2.90. The normalized spacial score (nSPS) is 11.4. The Balaban J connectivity index is 1.95. The van der Waals surface area contributed by atoms with Gasteiger partial charge in [0.25, 0.3) is 10.0 Å². The van der Waals surface area contributed by atoms with Crippen molar-refractivity contribution < 1.29 is 13.2 Å². The zero-order chi connectivity index (χ0) is 16.2. The highest BCUT2D eigenvalue weighted by molar-refractivity contribution is 7.89. The van der Waals surface area contributed by atoms with Gasteiger partial charge < -0.3 is 0 Å². The van der Waals surface area contributed by atoms with Crippen molar-refractivity contribution in [2.75, 3.05) is 0 Å². The molecule has 0 spiro atoms. The smallest absolute Gasteiger partial charge is 0.257 e. The molecule has 0 aliphatic rings. The van der Waals surface area contributed by atoms with E-state index >= 15 is 0 Å². The first kappa shape index (κ1) is 16.6. The van der Waals surface area contributed by atoms with Crippen LogP contribution in [0.15, 0.2) is 34.5 Å². The Kier molecular flexibility index (Phi) is 5.28. The molecule has 0 saturated heterocycles. The Bertz CT molecular complexity index is 752. The van der Waals surface area contributed by atoms with E-state index in [1.54, 1.807) is 12.1 Å². The highest BCUT2D eigenvalue weighted by Crippen LogP contribution is 2.11. The summed E-state index contributed by atoms with van der Waals surface area (Å²) in [5, 5.41) is 2.48. The van der Waals surface area contributed by atoms with Gasteiger partial charge in [0.1, 0.15) is 5.01 Å². The molecule has 0 aliphatic carbocycles. The molecule has 0 bridgehead atoms. The van der Waals surface area contributed by atoms with Crippen LogP contribution in [0.1, 0.15) is 23.2 Å². The quantitative estimate of drug-likeness (QED) is 0.782. The number of hydrogen-bond acceptors (Lipinski definition) is 5. The number of thiazole rings is 1. The molecule has 118 valence electrons. The number of sulfonamides is 1. The fourth-order valence-electron chi connectivity index (χ4n) is 1.75. The lowest BCUT2D eigenvalue weighted by Crippen LogP contribution is -2.42. The summed E-state index contributed by atoms with van der Waals surface area (Å²) in [6.07, 6.45) is 0.869. The summed E-state index contributed by atoms with van der Waals surface area (Å²) in [6, 6.07) is 6.51. The Morgan fingerprint density at radius 1 is 1.27 bits per heavy atom. The number of nitrogens with zero attached hydrogens (tertiary/aromatic N) is 1. The van der Waals surface area contributed by atoms with Crippen LogP contribution in [0, 0.1) is 6.92 Å². The van der Waals surface area contributed by atoms with Crippen LogP contribution in [0.2, 0.25) is 0 Å². The number of carbonyl (C=O) groups excluding carboxylic acids is 1. The first-order valence-electron chi connectivity index (χ1n) is 6.71. The van der Waals surface area contributed by atoms with Gasteiger partial charge in [-0.1, -0.05) is 19.1 Å². The van der Waals surface area contributed by atoms with Crippen LogP contribution < -0.4 is 10.3 Å². The van der Waals surface area contributed by atoms with Crippen molar-refractivity contribution in [3.05, 3.63) is 45.9 Å². The molecule has 0 atom stereocenters. The number of aryl methyl sites for hydroxylation is 2. The number of nitrogens with one attached hydrogen (secondary N) is 2. The van der Waals surface area contributed by atoms with Gasteiger partial charge in [-0.15, -0.1) is 16.2 Å². The Hall–Kier alpha value is -1.77. The fourth-order valence-corrected chi connectivity index (χ4v) is 3.38. The van der Waals surface area contributed by atoms with Gasteiger partial charge >= 0.3 is 0 Å². The second kappa shape index (κ2) is 6.99. The van der Waals surface area contributed by atoms with Crippen LogP contribution in [0.25, 0.3) is 0 Å². The van der Waals surface area contributed by atoms with Gasteiger partial charge in [-0.2, -0.15) is 0 Å². The van der Waals surface area contributed by atoms with Crippen LogP contribution in [0.3, 0.4) is 0 Å². The molecule has 1 aromatic carbocycles. The minimum Gasteiger partial charge on any atom is -0.277 e. The lowest BCUT2D eigenvalue weighted by Gasteiger charge is -2.08. The first-order valence-corrected chi connectivity index (χ1v) is 9.07. The fraction of sp³-hybridized carbons (Fsp3) is 0.286. The van der Waals surface area contributed by atoms with Gasteiger partial charge in [-0.05, 0) is 31.0 Å². The number of hydrazine groups is 1. The Labute approximate surface area is 133 Å². The monoisotopic (exact) mass is 339 g/mol. The zero-order valence-corrected chi connectivity index (χ0v) is 13.9. The number of carbonyl (C=O) groups is 1. The van der Waals surface area contributed by atoms with Gasteiger partial charge in [0.2, 0.25) is 5.91 Å². The Morgan fingerprint density at radius 2 is 1.95 bits per heavy atom. The average molecular weight is 339 g/mol. The molecule has 2 rings (SSSR count).